The lowest BCUT2D eigenvalue weighted by atomic mass is 9.98. The Morgan fingerprint density at radius 2 is 0.982 bits per heavy atom. The molecule has 0 amide bonds. The van der Waals surface area contributed by atoms with E-state index in [9.17, 15) is 0 Å². The standard InChI is InChI=1S/C49H27N3O2S/c1-2-12-32-30(11-1)27-38(44-36-15-5-8-22-42(36)55-46(32)44)49-51-47(50-48(52-49)37-18-9-17-34-33-13-3-6-19-39(33)54-45(34)37)29-25-23-28(24-26-29)31-16-10-21-41-43(31)35-14-4-7-20-40(35)53-41/h1-27H. The molecule has 0 aliphatic carbocycles. The summed E-state index contributed by atoms with van der Waals surface area (Å²) in [5.41, 5.74) is 8.23. The Kier molecular flexibility index (Phi) is 6.44. The van der Waals surface area contributed by atoms with Crippen LogP contribution in [0.25, 0.3) is 120 Å². The van der Waals surface area contributed by atoms with Crippen LogP contribution >= 0.6 is 11.3 Å². The van der Waals surface area contributed by atoms with Crippen molar-refractivity contribution < 1.29 is 8.83 Å². The molecule has 0 fully saturated rings. The Morgan fingerprint density at radius 3 is 1.84 bits per heavy atom. The molecule has 8 aromatic carbocycles. The van der Waals surface area contributed by atoms with Crippen LogP contribution in [0.3, 0.4) is 0 Å². The number of fused-ring (bicyclic) bond motifs is 11. The van der Waals surface area contributed by atoms with E-state index in [-0.39, 0.29) is 0 Å². The summed E-state index contributed by atoms with van der Waals surface area (Å²) in [6.07, 6.45) is 0. The molecule has 12 rings (SSSR count). The van der Waals surface area contributed by atoms with E-state index in [1.165, 1.54) is 20.2 Å². The largest absolute Gasteiger partial charge is 0.456 e. The van der Waals surface area contributed by atoms with Crippen molar-refractivity contribution >= 4 is 86.2 Å². The molecule has 5 nitrogen and oxygen atoms in total. The Balaban J connectivity index is 1.10. The average molecular weight is 722 g/mol. The number of hydrogen-bond acceptors (Lipinski definition) is 6. The summed E-state index contributed by atoms with van der Waals surface area (Å²) < 4.78 is 15.2. The number of nitrogens with zero attached hydrogens (tertiary/aromatic N) is 3. The van der Waals surface area contributed by atoms with Gasteiger partial charge in [0.15, 0.2) is 17.5 Å². The van der Waals surface area contributed by atoms with Crippen molar-refractivity contribution in [2.75, 3.05) is 0 Å². The zero-order valence-corrected chi connectivity index (χ0v) is 30.0. The summed E-state index contributed by atoms with van der Waals surface area (Å²) in [4.78, 5) is 15.8. The molecule has 0 saturated heterocycles. The summed E-state index contributed by atoms with van der Waals surface area (Å²) in [6.45, 7) is 0. The van der Waals surface area contributed by atoms with Gasteiger partial charge in [-0.3, -0.25) is 0 Å². The first-order valence-electron chi connectivity index (χ1n) is 18.3. The third-order valence-corrected chi connectivity index (χ3v) is 12.0. The van der Waals surface area contributed by atoms with Gasteiger partial charge in [-0.1, -0.05) is 127 Å². The van der Waals surface area contributed by atoms with Gasteiger partial charge >= 0.3 is 0 Å². The van der Waals surface area contributed by atoms with E-state index in [1.54, 1.807) is 0 Å². The molecule has 0 spiro atoms. The van der Waals surface area contributed by atoms with Gasteiger partial charge in [0.1, 0.15) is 22.3 Å². The van der Waals surface area contributed by atoms with E-state index in [4.69, 9.17) is 23.8 Å². The minimum atomic E-state index is 0.559. The highest BCUT2D eigenvalue weighted by atomic mass is 32.1. The van der Waals surface area contributed by atoms with Crippen LogP contribution in [0.2, 0.25) is 0 Å². The van der Waals surface area contributed by atoms with Crippen molar-refractivity contribution in [2.24, 2.45) is 0 Å². The lowest BCUT2D eigenvalue weighted by molar-refractivity contribution is 0.669. The normalized spacial score (nSPS) is 12.0. The number of para-hydroxylation sites is 3. The molecule has 6 heteroatoms. The van der Waals surface area contributed by atoms with Crippen molar-refractivity contribution in [3.63, 3.8) is 0 Å². The molecule has 0 saturated carbocycles. The van der Waals surface area contributed by atoms with Crippen LogP contribution in [0.5, 0.6) is 0 Å². The predicted octanol–water partition coefficient (Wildman–Crippen LogP) is 13.9. The number of benzene rings is 8. The van der Waals surface area contributed by atoms with Crippen LogP contribution in [0.1, 0.15) is 0 Å². The van der Waals surface area contributed by atoms with E-state index in [2.05, 4.69) is 121 Å². The van der Waals surface area contributed by atoms with Crippen molar-refractivity contribution in [1.82, 2.24) is 15.0 Å². The summed E-state index contributed by atoms with van der Waals surface area (Å²) in [5, 5.41) is 9.01. The van der Waals surface area contributed by atoms with E-state index in [0.29, 0.717) is 17.5 Å². The summed E-state index contributed by atoms with van der Waals surface area (Å²) in [6, 6.07) is 56.7. The van der Waals surface area contributed by atoms with Gasteiger partial charge in [0.05, 0.1) is 5.56 Å². The molecule has 4 heterocycles. The van der Waals surface area contributed by atoms with E-state index >= 15 is 0 Å². The topological polar surface area (TPSA) is 65.0 Å². The summed E-state index contributed by atoms with van der Waals surface area (Å²) >= 11 is 1.81. The molecule has 0 radical (unpaired) electrons. The van der Waals surface area contributed by atoms with Gasteiger partial charge in [-0.05, 0) is 58.3 Å². The SMILES string of the molecule is c1ccc2c(c1)cc(-c1nc(-c3ccc(-c4cccc5oc6ccccc6c45)cc3)nc(-c3cccc4c3oc3ccccc34)n1)c1c3ccccc3sc21. The molecule has 0 unspecified atom stereocenters. The van der Waals surface area contributed by atoms with Crippen LogP contribution < -0.4 is 0 Å². The molecular formula is C49H27N3O2S. The average Bonchev–Trinajstić information content (AvgIpc) is 3.95. The number of furan rings is 2. The van der Waals surface area contributed by atoms with E-state index in [1.807, 2.05) is 53.8 Å². The lowest BCUT2D eigenvalue weighted by Crippen LogP contribution is -2.01. The van der Waals surface area contributed by atoms with Gasteiger partial charge in [0, 0.05) is 52.8 Å². The Hall–Kier alpha value is -7.15. The maximum atomic E-state index is 6.52. The third kappa shape index (κ3) is 4.62. The van der Waals surface area contributed by atoms with E-state index in [0.717, 1.165) is 82.5 Å². The zero-order chi connectivity index (χ0) is 36.0. The van der Waals surface area contributed by atoms with Crippen molar-refractivity contribution in [3.8, 4) is 45.3 Å². The van der Waals surface area contributed by atoms with E-state index < -0.39 is 0 Å². The zero-order valence-electron chi connectivity index (χ0n) is 29.2. The van der Waals surface area contributed by atoms with Crippen LogP contribution in [0.15, 0.2) is 173 Å². The molecular weight excluding hydrogens is 695 g/mol. The Labute approximate surface area is 317 Å². The van der Waals surface area contributed by atoms with Gasteiger partial charge < -0.3 is 8.83 Å². The molecule has 0 aliphatic heterocycles. The van der Waals surface area contributed by atoms with Crippen molar-refractivity contribution in [2.45, 2.75) is 0 Å². The molecule has 4 aromatic heterocycles. The van der Waals surface area contributed by atoms with Crippen LogP contribution in [-0.2, 0) is 0 Å². The molecule has 0 bridgehead atoms. The van der Waals surface area contributed by atoms with Gasteiger partial charge in [0.2, 0.25) is 0 Å². The van der Waals surface area contributed by atoms with Crippen LogP contribution in [0.4, 0.5) is 0 Å². The predicted molar refractivity (Wildman–Crippen MR) is 227 cm³/mol. The highest BCUT2D eigenvalue weighted by Gasteiger charge is 2.21. The van der Waals surface area contributed by atoms with Crippen molar-refractivity contribution in [3.05, 3.63) is 164 Å². The Morgan fingerprint density at radius 1 is 0.382 bits per heavy atom. The number of thiophene rings is 1. The first-order valence-corrected chi connectivity index (χ1v) is 19.1. The van der Waals surface area contributed by atoms with Gasteiger partial charge in [-0.25, -0.2) is 15.0 Å². The second-order valence-corrected chi connectivity index (χ2v) is 14.9. The number of rotatable bonds is 4. The molecule has 55 heavy (non-hydrogen) atoms. The fraction of sp³-hybridized carbons (Fsp3) is 0. The maximum Gasteiger partial charge on any atom is 0.167 e. The molecule has 0 N–H and O–H groups in total. The maximum absolute atomic E-state index is 6.52. The highest BCUT2D eigenvalue weighted by Crippen LogP contribution is 2.45. The smallest absolute Gasteiger partial charge is 0.167 e. The van der Waals surface area contributed by atoms with Crippen molar-refractivity contribution in [1.29, 1.82) is 0 Å². The minimum Gasteiger partial charge on any atom is -0.456 e. The van der Waals surface area contributed by atoms with Gasteiger partial charge in [-0.15, -0.1) is 11.3 Å². The highest BCUT2D eigenvalue weighted by molar-refractivity contribution is 7.26. The second kappa shape index (κ2) is 11.7. The summed E-state index contributed by atoms with van der Waals surface area (Å²) in [7, 11) is 0. The first kappa shape index (κ1) is 30.3. The van der Waals surface area contributed by atoms with Gasteiger partial charge in [-0.2, -0.15) is 0 Å². The fourth-order valence-corrected chi connectivity index (χ4v) is 9.48. The second-order valence-electron chi connectivity index (χ2n) is 13.9. The number of aromatic nitrogens is 3. The molecule has 256 valence electrons. The van der Waals surface area contributed by atoms with Crippen LogP contribution in [-0.4, -0.2) is 15.0 Å². The first-order chi connectivity index (χ1) is 27.2. The third-order valence-electron chi connectivity index (χ3n) is 10.7. The molecule has 0 aliphatic rings. The molecule has 12 aromatic rings. The van der Waals surface area contributed by atoms with Crippen LogP contribution in [0, 0.1) is 0 Å². The summed E-state index contributed by atoms with van der Waals surface area (Å²) in [5.74, 6) is 1.77. The van der Waals surface area contributed by atoms with Gasteiger partial charge in [0.25, 0.3) is 0 Å². The monoisotopic (exact) mass is 721 g/mol. The lowest BCUT2D eigenvalue weighted by Gasteiger charge is -2.12. The minimum absolute atomic E-state index is 0.559. The fourth-order valence-electron chi connectivity index (χ4n) is 8.22. The quantitative estimate of drug-likeness (QED) is 0.181. The number of hydrogen-bond donors (Lipinski definition) is 0. The Bertz CT molecular complexity index is 3500. The molecule has 0 atom stereocenters.